The summed E-state index contributed by atoms with van der Waals surface area (Å²) in [6.07, 6.45) is 7.91. The van der Waals surface area contributed by atoms with Crippen LogP contribution >= 0.6 is 0 Å². The Morgan fingerprint density at radius 3 is 1.74 bits per heavy atom. The van der Waals surface area contributed by atoms with Crippen molar-refractivity contribution in [2.45, 2.75) is 20.8 Å². The Balaban J connectivity index is 0. The van der Waals surface area contributed by atoms with Crippen LogP contribution in [0, 0.1) is 0 Å². The van der Waals surface area contributed by atoms with Crippen molar-refractivity contribution >= 4 is 9.84 Å². The van der Waals surface area contributed by atoms with Crippen molar-refractivity contribution in [1.29, 1.82) is 0 Å². The summed E-state index contributed by atoms with van der Waals surface area (Å²) in [5.41, 5.74) is 1.86. The van der Waals surface area contributed by atoms with Gasteiger partial charge in [0.2, 0.25) is 0 Å². The average Bonchev–Trinajstić information content (AvgIpc) is 2.25. The van der Waals surface area contributed by atoms with E-state index in [9.17, 15) is 8.42 Å². The highest BCUT2D eigenvalue weighted by Crippen LogP contribution is 2.21. The van der Waals surface area contributed by atoms with Gasteiger partial charge in [-0.15, -0.1) is 6.58 Å². The smallest absolute Gasteiger partial charge is 0.175 e. The highest BCUT2D eigenvalue weighted by atomic mass is 32.2. The fraction of sp³-hybridized carbons (Fsp3) is 0.250. The van der Waals surface area contributed by atoms with Gasteiger partial charge >= 0.3 is 0 Å². The van der Waals surface area contributed by atoms with E-state index >= 15 is 0 Å². The molecule has 0 amide bonds. The zero-order valence-electron chi connectivity index (χ0n) is 12.4. The fourth-order valence-corrected chi connectivity index (χ4v) is 2.12. The minimum absolute atomic E-state index is 0.212. The Morgan fingerprint density at radius 1 is 1.05 bits per heavy atom. The maximum atomic E-state index is 11.4. The lowest BCUT2D eigenvalue weighted by Gasteiger charge is -2.08. The first-order chi connectivity index (χ1) is 8.61. The third-order valence-electron chi connectivity index (χ3n) is 1.92. The quantitative estimate of drug-likeness (QED) is 0.553. The van der Waals surface area contributed by atoms with Crippen molar-refractivity contribution in [3.05, 3.63) is 72.2 Å². The number of allylic oxidation sites excluding steroid dienone is 7. The van der Waals surface area contributed by atoms with Crippen LogP contribution in [0.3, 0.4) is 0 Å². The van der Waals surface area contributed by atoms with Crippen LogP contribution in [0.15, 0.2) is 72.2 Å². The van der Waals surface area contributed by atoms with Gasteiger partial charge in [0.25, 0.3) is 0 Å². The molecule has 0 aromatic rings. The number of hydrogen-bond donors (Lipinski definition) is 0. The van der Waals surface area contributed by atoms with Crippen LogP contribution in [-0.4, -0.2) is 14.7 Å². The van der Waals surface area contributed by atoms with E-state index in [1.807, 2.05) is 13.8 Å². The fourth-order valence-electron chi connectivity index (χ4n) is 1.11. The molecule has 0 saturated carbocycles. The summed E-state index contributed by atoms with van der Waals surface area (Å²) in [7, 11) is -3.25. The second-order valence-corrected chi connectivity index (χ2v) is 6.00. The van der Waals surface area contributed by atoms with Gasteiger partial charge in [0, 0.05) is 6.26 Å². The Bertz CT molecular complexity index is 515. The van der Waals surface area contributed by atoms with Crippen LogP contribution in [0.4, 0.5) is 0 Å². The summed E-state index contributed by atoms with van der Waals surface area (Å²) in [4.78, 5) is 0.212. The van der Waals surface area contributed by atoms with E-state index in [1.165, 1.54) is 6.08 Å². The van der Waals surface area contributed by atoms with Crippen molar-refractivity contribution in [2.75, 3.05) is 6.26 Å². The molecule has 0 saturated heterocycles. The van der Waals surface area contributed by atoms with Gasteiger partial charge < -0.3 is 0 Å². The Kier molecular flexibility index (Phi) is 9.69. The second kappa shape index (κ2) is 9.34. The van der Waals surface area contributed by atoms with Gasteiger partial charge in [-0.1, -0.05) is 49.6 Å². The first-order valence-corrected chi connectivity index (χ1v) is 7.66. The predicted molar refractivity (Wildman–Crippen MR) is 86.7 cm³/mol. The summed E-state index contributed by atoms with van der Waals surface area (Å²) < 4.78 is 22.9. The van der Waals surface area contributed by atoms with Gasteiger partial charge in [-0.2, -0.15) is 0 Å². The summed E-state index contributed by atoms with van der Waals surface area (Å²) >= 11 is 0. The Labute approximate surface area is 118 Å². The van der Waals surface area contributed by atoms with Crippen molar-refractivity contribution in [3.8, 4) is 0 Å². The minimum Gasteiger partial charge on any atom is -0.224 e. The van der Waals surface area contributed by atoms with Crippen molar-refractivity contribution in [3.63, 3.8) is 0 Å². The molecule has 0 radical (unpaired) electrons. The zero-order valence-corrected chi connectivity index (χ0v) is 13.2. The Morgan fingerprint density at radius 2 is 1.47 bits per heavy atom. The lowest BCUT2D eigenvalue weighted by Crippen LogP contribution is -2.03. The molecule has 0 aliphatic rings. The van der Waals surface area contributed by atoms with E-state index in [0.717, 1.165) is 11.8 Å². The molecule has 0 spiro atoms. The highest BCUT2D eigenvalue weighted by molar-refractivity contribution is 7.94. The Hall–Kier alpha value is -1.61. The van der Waals surface area contributed by atoms with E-state index in [-0.39, 0.29) is 4.91 Å². The van der Waals surface area contributed by atoms with Gasteiger partial charge in [-0.05, 0) is 31.9 Å². The lowest BCUT2D eigenvalue weighted by molar-refractivity contribution is 0.608. The normalized spacial score (nSPS) is 11.5. The monoisotopic (exact) mass is 280 g/mol. The molecule has 0 bridgehead atoms. The van der Waals surface area contributed by atoms with Crippen molar-refractivity contribution < 1.29 is 8.42 Å². The third-order valence-corrected chi connectivity index (χ3v) is 3.20. The highest BCUT2D eigenvalue weighted by Gasteiger charge is 2.14. The van der Waals surface area contributed by atoms with E-state index in [0.29, 0.717) is 11.1 Å². The third kappa shape index (κ3) is 9.03. The summed E-state index contributed by atoms with van der Waals surface area (Å²) in [6.45, 7) is 20.0. The molecule has 0 aliphatic heterocycles. The van der Waals surface area contributed by atoms with E-state index in [2.05, 4.69) is 26.3 Å². The van der Waals surface area contributed by atoms with E-state index < -0.39 is 9.84 Å². The standard InChI is InChI=1S/C13H18O2S.C3H6/c1-7-13(16(6,14)15)12(5)11(4)9-8-10(2)3;1-3-2/h7-9H,2,4-5H2,1,3,6H3;3H,1H2,2H3/b9-8-,13-7+;. The summed E-state index contributed by atoms with van der Waals surface area (Å²) in [5, 5.41) is 0. The van der Waals surface area contributed by atoms with Gasteiger partial charge in [-0.25, -0.2) is 8.42 Å². The predicted octanol–water partition coefficient (Wildman–Crippen LogP) is 4.37. The van der Waals surface area contributed by atoms with Gasteiger partial charge in [0.1, 0.15) is 0 Å². The van der Waals surface area contributed by atoms with Crippen LogP contribution < -0.4 is 0 Å². The van der Waals surface area contributed by atoms with Gasteiger partial charge in [-0.3, -0.25) is 0 Å². The minimum atomic E-state index is -3.25. The lowest BCUT2D eigenvalue weighted by atomic mass is 10.1. The molecule has 0 heterocycles. The van der Waals surface area contributed by atoms with Gasteiger partial charge in [0.15, 0.2) is 9.84 Å². The van der Waals surface area contributed by atoms with Crippen molar-refractivity contribution in [1.82, 2.24) is 0 Å². The zero-order chi connectivity index (χ0) is 15.6. The largest absolute Gasteiger partial charge is 0.224 e. The molecular formula is C16H24O2S. The van der Waals surface area contributed by atoms with Crippen LogP contribution in [0.5, 0.6) is 0 Å². The van der Waals surface area contributed by atoms with Gasteiger partial charge in [0.05, 0.1) is 4.91 Å². The molecular weight excluding hydrogens is 256 g/mol. The van der Waals surface area contributed by atoms with Crippen LogP contribution in [-0.2, 0) is 9.84 Å². The molecule has 0 N–H and O–H groups in total. The van der Waals surface area contributed by atoms with E-state index in [1.54, 1.807) is 25.2 Å². The summed E-state index contributed by atoms with van der Waals surface area (Å²) in [5.74, 6) is 0. The molecule has 0 aromatic carbocycles. The number of rotatable bonds is 5. The van der Waals surface area contributed by atoms with E-state index in [4.69, 9.17) is 0 Å². The molecule has 2 nitrogen and oxygen atoms in total. The molecule has 3 heteroatoms. The first kappa shape index (κ1) is 19.7. The maximum Gasteiger partial charge on any atom is 0.175 e. The van der Waals surface area contributed by atoms with Crippen molar-refractivity contribution in [2.24, 2.45) is 0 Å². The molecule has 0 atom stereocenters. The van der Waals surface area contributed by atoms with Crippen LogP contribution in [0.25, 0.3) is 0 Å². The molecule has 19 heavy (non-hydrogen) atoms. The molecule has 0 aromatic heterocycles. The van der Waals surface area contributed by atoms with Crippen LogP contribution in [0.2, 0.25) is 0 Å². The molecule has 0 unspecified atom stereocenters. The maximum absolute atomic E-state index is 11.4. The summed E-state index contributed by atoms with van der Waals surface area (Å²) in [6, 6.07) is 0. The molecule has 0 aliphatic carbocycles. The number of sulfone groups is 1. The SMILES string of the molecule is C=C(C)/C=C\C(=C)C(=C)/C(=C\C)S(C)(=O)=O.C=CC. The van der Waals surface area contributed by atoms with Crippen LogP contribution in [0.1, 0.15) is 20.8 Å². The topological polar surface area (TPSA) is 34.1 Å². The molecule has 0 rings (SSSR count). The first-order valence-electron chi connectivity index (χ1n) is 5.77. The average molecular weight is 280 g/mol. The second-order valence-electron chi connectivity index (χ2n) is 4.02. The molecule has 0 fully saturated rings. The molecule has 106 valence electrons. The number of hydrogen-bond acceptors (Lipinski definition) is 2.